The highest BCUT2D eigenvalue weighted by Crippen LogP contribution is 2.17. The molecule has 0 fully saturated rings. The highest BCUT2D eigenvalue weighted by molar-refractivity contribution is 5.97. The predicted molar refractivity (Wildman–Crippen MR) is 81.6 cm³/mol. The molecule has 5 nitrogen and oxygen atoms in total. The molecule has 1 aromatic carbocycles. The molecular formula is C16H17N3O2. The lowest BCUT2D eigenvalue weighted by Gasteiger charge is -2.08. The van der Waals surface area contributed by atoms with Crippen LogP contribution < -0.4 is 10.2 Å². The maximum absolute atomic E-state index is 12.1. The normalized spacial score (nSPS) is 10.6. The second kappa shape index (κ2) is 7.19. The number of ether oxygens (including phenoxy) is 1. The van der Waals surface area contributed by atoms with Crippen molar-refractivity contribution >= 4 is 12.1 Å². The average molecular weight is 283 g/mol. The lowest BCUT2D eigenvalue weighted by Crippen LogP contribution is -2.18. The van der Waals surface area contributed by atoms with Gasteiger partial charge in [-0.1, -0.05) is 18.2 Å². The zero-order chi connectivity index (χ0) is 15.1. The Bertz CT molecular complexity index is 653. The summed E-state index contributed by atoms with van der Waals surface area (Å²) in [4.78, 5) is 16.3. The lowest BCUT2D eigenvalue weighted by atomic mass is 10.2. The van der Waals surface area contributed by atoms with Crippen LogP contribution in [0, 0.1) is 6.92 Å². The summed E-state index contributed by atoms with van der Waals surface area (Å²) in [7, 11) is 0. The second-order valence-corrected chi connectivity index (χ2v) is 4.33. The fourth-order valence-corrected chi connectivity index (χ4v) is 1.79. The first-order chi connectivity index (χ1) is 10.2. The maximum Gasteiger partial charge on any atom is 0.275 e. The molecule has 0 radical (unpaired) electrons. The van der Waals surface area contributed by atoms with E-state index in [1.54, 1.807) is 18.2 Å². The van der Waals surface area contributed by atoms with Gasteiger partial charge < -0.3 is 4.74 Å². The summed E-state index contributed by atoms with van der Waals surface area (Å²) < 4.78 is 5.41. The van der Waals surface area contributed by atoms with Crippen LogP contribution in [0.5, 0.6) is 5.75 Å². The largest absolute Gasteiger partial charge is 0.493 e. The topological polar surface area (TPSA) is 63.6 Å². The van der Waals surface area contributed by atoms with Crippen molar-refractivity contribution in [2.45, 2.75) is 13.8 Å². The van der Waals surface area contributed by atoms with E-state index in [0.29, 0.717) is 23.6 Å². The summed E-state index contributed by atoms with van der Waals surface area (Å²) in [6.07, 6.45) is 1.51. The molecule has 2 aromatic rings. The highest BCUT2D eigenvalue weighted by Gasteiger charge is 2.10. The molecule has 5 heteroatoms. The number of nitrogens with one attached hydrogen (secondary N) is 1. The predicted octanol–water partition coefficient (Wildman–Crippen LogP) is 2.55. The van der Waals surface area contributed by atoms with E-state index in [4.69, 9.17) is 4.74 Å². The molecule has 108 valence electrons. The number of aromatic nitrogens is 1. The standard InChI is InChI=1S/C16H17N3O2/c1-3-21-15-10-5-4-9-14(15)16(20)19-17-11-13-8-6-7-12(2)18-13/h4-11H,3H2,1-2H3,(H,19,20). The van der Waals surface area contributed by atoms with Crippen LogP contribution in [0.25, 0.3) is 0 Å². The van der Waals surface area contributed by atoms with Crippen LogP contribution >= 0.6 is 0 Å². The third kappa shape index (κ3) is 4.14. The minimum absolute atomic E-state index is 0.317. The average Bonchev–Trinajstić information content (AvgIpc) is 2.48. The van der Waals surface area contributed by atoms with Crippen molar-refractivity contribution in [2.24, 2.45) is 5.10 Å². The number of benzene rings is 1. The van der Waals surface area contributed by atoms with Crippen LogP contribution in [0.1, 0.15) is 28.7 Å². The Labute approximate surface area is 123 Å². The molecule has 0 aliphatic carbocycles. The minimum atomic E-state index is -0.317. The first-order valence-electron chi connectivity index (χ1n) is 6.69. The SMILES string of the molecule is CCOc1ccccc1C(=O)NN=Cc1cccc(C)n1. The zero-order valence-electron chi connectivity index (χ0n) is 12.0. The summed E-state index contributed by atoms with van der Waals surface area (Å²) in [6.45, 7) is 4.27. The van der Waals surface area contributed by atoms with Gasteiger partial charge in [0, 0.05) is 5.69 Å². The van der Waals surface area contributed by atoms with E-state index >= 15 is 0 Å². The Kier molecular flexibility index (Phi) is 5.04. The number of carbonyl (C=O) groups excluding carboxylic acids is 1. The number of hydrazone groups is 1. The maximum atomic E-state index is 12.1. The summed E-state index contributed by atoms with van der Waals surface area (Å²) >= 11 is 0. The highest BCUT2D eigenvalue weighted by atomic mass is 16.5. The van der Waals surface area contributed by atoms with E-state index in [1.165, 1.54) is 6.21 Å². The van der Waals surface area contributed by atoms with E-state index in [1.807, 2.05) is 38.1 Å². The number of rotatable bonds is 5. The van der Waals surface area contributed by atoms with Gasteiger partial charge in [-0.3, -0.25) is 9.78 Å². The van der Waals surface area contributed by atoms with Crippen molar-refractivity contribution in [1.29, 1.82) is 0 Å². The van der Waals surface area contributed by atoms with E-state index < -0.39 is 0 Å². The Morgan fingerprint density at radius 2 is 2.10 bits per heavy atom. The Balaban J connectivity index is 2.05. The van der Waals surface area contributed by atoms with Crippen molar-refractivity contribution < 1.29 is 9.53 Å². The van der Waals surface area contributed by atoms with Gasteiger partial charge >= 0.3 is 0 Å². The number of pyridine rings is 1. The number of hydrogen-bond acceptors (Lipinski definition) is 4. The molecule has 21 heavy (non-hydrogen) atoms. The number of carbonyl (C=O) groups is 1. The molecule has 1 N–H and O–H groups in total. The summed E-state index contributed by atoms with van der Waals surface area (Å²) in [5.74, 6) is 0.226. The van der Waals surface area contributed by atoms with Crippen LogP contribution in [-0.2, 0) is 0 Å². The number of aryl methyl sites for hydroxylation is 1. The third-order valence-corrected chi connectivity index (χ3v) is 2.70. The molecule has 1 heterocycles. The van der Waals surface area contributed by atoms with Crippen molar-refractivity contribution in [1.82, 2.24) is 10.4 Å². The number of para-hydroxylation sites is 1. The van der Waals surface area contributed by atoms with Crippen LogP contribution in [0.15, 0.2) is 47.6 Å². The number of nitrogens with zero attached hydrogens (tertiary/aromatic N) is 2. The molecule has 0 saturated heterocycles. The fraction of sp³-hybridized carbons (Fsp3) is 0.188. The van der Waals surface area contributed by atoms with E-state index in [2.05, 4.69) is 15.5 Å². The van der Waals surface area contributed by atoms with Crippen molar-refractivity contribution in [3.05, 3.63) is 59.4 Å². The van der Waals surface area contributed by atoms with E-state index in [-0.39, 0.29) is 5.91 Å². The van der Waals surface area contributed by atoms with Gasteiger partial charge in [0.25, 0.3) is 5.91 Å². The molecule has 0 unspecified atom stereocenters. The summed E-state index contributed by atoms with van der Waals surface area (Å²) in [6, 6.07) is 12.6. The molecule has 1 aromatic heterocycles. The summed E-state index contributed by atoms with van der Waals surface area (Å²) in [5, 5.41) is 3.92. The van der Waals surface area contributed by atoms with Crippen LogP contribution in [0.2, 0.25) is 0 Å². The quantitative estimate of drug-likeness (QED) is 0.677. The van der Waals surface area contributed by atoms with Gasteiger partial charge in [0.1, 0.15) is 5.75 Å². The molecule has 0 atom stereocenters. The van der Waals surface area contributed by atoms with Crippen molar-refractivity contribution in [3.63, 3.8) is 0 Å². The van der Waals surface area contributed by atoms with E-state index in [9.17, 15) is 4.79 Å². The number of hydrogen-bond donors (Lipinski definition) is 1. The van der Waals surface area contributed by atoms with Gasteiger partial charge in [0.05, 0.1) is 24.1 Å². The van der Waals surface area contributed by atoms with Gasteiger partial charge in [0.15, 0.2) is 0 Å². The molecule has 0 aliphatic rings. The molecule has 1 amide bonds. The smallest absolute Gasteiger partial charge is 0.275 e. The third-order valence-electron chi connectivity index (χ3n) is 2.70. The molecular weight excluding hydrogens is 266 g/mol. The van der Waals surface area contributed by atoms with Crippen molar-refractivity contribution in [3.8, 4) is 5.75 Å². The van der Waals surface area contributed by atoms with Gasteiger partial charge in [-0.25, -0.2) is 5.43 Å². The first-order valence-corrected chi connectivity index (χ1v) is 6.69. The zero-order valence-corrected chi connectivity index (χ0v) is 12.0. The first kappa shape index (κ1) is 14.7. The lowest BCUT2D eigenvalue weighted by molar-refractivity contribution is 0.0951. The Hall–Kier alpha value is -2.69. The van der Waals surface area contributed by atoms with Gasteiger partial charge in [-0.2, -0.15) is 5.10 Å². The number of amides is 1. The van der Waals surface area contributed by atoms with Gasteiger partial charge in [-0.05, 0) is 38.1 Å². The van der Waals surface area contributed by atoms with Crippen LogP contribution in [0.3, 0.4) is 0 Å². The Morgan fingerprint density at radius 1 is 1.29 bits per heavy atom. The molecule has 0 saturated carbocycles. The second-order valence-electron chi connectivity index (χ2n) is 4.33. The molecule has 2 rings (SSSR count). The molecule has 0 aliphatic heterocycles. The summed E-state index contributed by atoms with van der Waals surface area (Å²) in [5.41, 5.74) is 4.51. The monoisotopic (exact) mass is 283 g/mol. The van der Waals surface area contributed by atoms with E-state index in [0.717, 1.165) is 5.69 Å². The van der Waals surface area contributed by atoms with Gasteiger partial charge in [-0.15, -0.1) is 0 Å². The van der Waals surface area contributed by atoms with Crippen LogP contribution in [-0.4, -0.2) is 23.7 Å². The van der Waals surface area contributed by atoms with Crippen molar-refractivity contribution in [2.75, 3.05) is 6.61 Å². The Morgan fingerprint density at radius 3 is 2.86 bits per heavy atom. The van der Waals surface area contributed by atoms with Crippen LogP contribution in [0.4, 0.5) is 0 Å². The fourth-order valence-electron chi connectivity index (χ4n) is 1.79. The molecule has 0 bridgehead atoms. The minimum Gasteiger partial charge on any atom is -0.493 e. The molecule has 0 spiro atoms. The van der Waals surface area contributed by atoms with Gasteiger partial charge in [0.2, 0.25) is 0 Å².